The van der Waals surface area contributed by atoms with E-state index in [2.05, 4.69) is 18.7 Å². The Balaban J connectivity index is 2.41. The first-order valence-corrected chi connectivity index (χ1v) is 10.3. The van der Waals surface area contributed by atoms with Crippen LogP contribution in [-0.2, 0) is 14.3 Å². The third kappa shape index (κ3) is 8.17. The van der Waals surface area contributed by atoms with Gasteiger partial charge in [-0.15, -0.1) is 0 Å². The summed E-state index contributed by atoms with van der Waals surface area (Å²) < 4.78 is 26.8. The monoisotopic (exact) mass is 319 g/mol. The topological polar surface area (TPSA) is 46.6 Å². The minimum Gasteiger partial charge on any atom is -0.300 e. The Morgan fingerprint density at radius 3 is 2.33 bits per heavy atom. The van der Waals surface area contributed by atoms with E-state index in [1.54, 1.807) is 0 Å². The lowest BCUT2D eigenvalue weighted by Crippen LogP contribution is -2.41. The smallest absolute Gasteiger partial charge is 0.264 e. The molecule has 0 aliphatic heterocycles. The SMILES string of the molecule is CCCCN(CCCOS(C)(=O)=O)[C@@H](C)C1CCCCC1. The zero-order chi connectivity index (χ0) is 15.7. The lowest BCUT2D eigenvalue weighted by molar-refractivity contribution is 0.120. The highest BCUT2D eigenvalue weighted by Gasteiger charge is 2.24. The maximum atomic E-state index is 11.0. The van der Waals surface area contributed by atoms with Crippen LogP contribution >= 0.6 is 0 Å². The highest BCUT2D eigenvalue weighted by atomic mass is 32.2. The average Bonchev–Trinajstić information content (AvgIpc) is 2.45. The van der Waals surface area contributed by atoms with Gasteiger partial charge in [0.1, 0.15) is 0 Å². The predicted octanol–water partition coefficient (Wildman–Crippen LogP) is 3.42. The molecule has 1 saturated carbocycles. The molecule has 1 aliphatic rings. The molecular weight excluding hydrogens is 286 g/mol. The normalized spacial score (nSPS) is 19.0. The molecule has 126 valence electrons. The highest BCUT2D eigenvalue weighted by Crippen LogP contribution is 2.29. The van der Waals surface area contributed by atoms with Crippen LogP contribution in [0.1, 0.15) is 65.2 Å². The number of hydrogen-bond acceptors (Lipinski definition) is 4. The first-order chi connectivity index (χ1) is 9.94. The van der Waals surface area contributed by atoms with E-state index in [-0.39, 0.29) is 0 Å². The van der Waals surface area contributed by atoms with Crippen LogP contribution in [0.5, 0.6) is 0 Å². The van der Waals surface area contributed by atoms with Gasteiger partial charge >= 0.3 is 0 Å². The standard InChI is InChI=1S/C16H33NO3S/c1-4-5-12-17(13-9-14-20-21(3,18)19)15(2)16-10-7-6-8-11-16/h15-16H,4-14H2,1-3H3/t15-/m0/s1. The molecule has 0 N–H and O–H groups in total. The zero-order valence-corrected chi connectivity index (χ0v) is 14.8. The average molecular weight is 320 g/mol. The van der Waals surface area contributed by atoms with E-state index in [0.29, 0.717) is 12.6 Å². The van der Waals surface area contributed by atoms with Crippen molar-refractivity contribution in [1.29, 1.82) is 0 Å². The quantitative estimate of drug-likeness (QED) is 0.457. The Bertz CT molecular complexity index is 364. The molecule has 0 aromatic carbocycles. The number of rotatable bonds is 10. The van der Waals surface area contributed by atoms with Gasteiger partial charge in [-0.05, 0) is 45.1 Å². The summed E-state index contributed by atoms with van der Waals surface area (Å²) >= 11 is 0. The van der Waals surface area contributed by atoms with E-state index >= 15 is 0 Å². The van der Waals surface area contributed by atoms with Crippen LogP contribution in [-0.4, -0.2) is 45.3 Å². The molecule has 1 rings (SSSR count). The van der Waals surface area contributed by atoms with Gasteiger partial charge in [-0.1, -0.05) is 32.6 Å². The summed E-state index contributed by atoms with van der Waals surface area (Å²) in [6.45, 7) is 6.93. The van der Waals surface area contributed by atoms with Gasteiger partial charge in [0.2, 0.25) is 0 Å². The van der Waals surface area contributed by atoms with E-state index < -0.39 is 10.1 Å². The number of nitrogens with zero attached hydrogens (tertiary/aromatic N) is 1. The molecule has 0 saturated heterocycles. The Hall–Kier alpha value is -0.130. The summed E-state index contributed by atoms with van der Waals surface area (Å²) in [4.78, 5) is 2.55. The Labute approximate surface area is 131 Å². The first-order valence-electron chi connectivity index (χ1n) is 8.52. The molecule has 0 spiro atoms. The van der Waals surface area contributed by atoms with Crippen molar-refractivity contribution >= 4 is 10.1 Å². The van der Waals surface area contributed by atoms with Gasteiger partial charge in [-0.3, -0.25) is 4.18 Å². The summed E-state index contributed by atoms with van der Waals surface area (Å²) in [5, 5.41) is 0. The lowest BCUT2D eigenvalue weighted by atomic mass is 9.84. The fourth-order valence-electron chi connectivity index (χ4n) is 3.27. The molecule has 0 radical (unpaired) electrons. The van der Waals surface area contributed by atoms with Gasteiger partial charge in [0.15, 0.2) is 0 Å². The van der Waals surface area contributed by atoms with Crippen LogP contribution in [0.25, 0.3) is 0 Å². The number of hydrogen-bond donors (Lipinski definition) is 0. The van der Waals surface area contributed by atoms with E-state index in [1.165, 1.54) is 44.9 Å². The van der Waals surface area contributed by atoms with Crippen LogP contribution in [0, 0.1) is 5.92 Å². The van der Waals surface area contributed by atoms with Crippen molar-refractivity contribution in [2.24, 2.45) is 5.92 Å². The van der Waals surface area contributed by atoms with Crippen molar-refractivity contribution in [3.05, 3.63) is 0 Å². The van der Waals surface area contributed by atoms with Gasteiger partial charge in [0, 0.05) is 12.6 Å². The second kappa shape index (κ2) is 9.80. The maximum Gasteiger partial charge on any atom is 0.264 e. The van der Waals surface area contributed by atoms with Crippen LogP contribution in [0.2, 0.25) is 0 Å². The molecule has 21 heavy (non-hydrogen) atoms. The molecule has 0 bridgehead atoms. The van der Waals surface area contributed by atoms with Gasteiger partial charge in [0.25, 0.3) is 10.1 Å². The molecule has 1 fully saturated rings. The van der Waals surface area contributed by atoms with Gasteiger partial charge in [-0.2, -0.15) is 8.42 Å². The molecular formula is C16H33NO3S. The maximum absolute atomic E-state index is 11.0. The fraction of sp³-hybridized carbons (Fsp3) is 1.00. The summed E-state index contributed by atoms with van der Waals surface area (Å²) in [5.74, 6) is 0.812. The minimum atomic E-state index is -3.30. The summed E-state index contributed by atoms with van der Waals surface area (Å²) in [7, 11) is -3.30. The first kappa shape index (κ1) is 18.9. The van der Waals surface area contributed by atoms with E-state index in [9.17, 15) is 8.42 Å². The summed E-state index contributed by atoms with van der Waals surface area (Å²) in [6.07, 6.45) is 11.1. The van der Waals surface area contributed by atoms with Gasteiger partial charge < -0.3 is 4.90 Å². The van der Waals surface area contributed by atoms with Crippen molar-refractivity contribution in [3.63, 3.8) is 0 Å². The van der Waals surface area contributed by atoms with Gasteiger partial charge in [-0.25, -0.2) is 0 Å². The summed E-state index contributed by atoms with van der Waals surface area (Å²) in [6, 6.07) is 0.607. The third-order valence-electron chi connectivity index (χ3n) is 4.59. The van der Waals surface area contributed by atoms with Crippen LogP contribution in [0.4, 0.5) is 0 Å². The molecule has 0 aromatic rings. The lowest BCUT2D eigenvalue weighted by Gasteiger charge is -2.36. The molecule has 4 nitrogen and oxygen atoms in total. The Morgan fingerprint density at radius 1 is 1.14 bits per heavy atom. The Kier molecular flexibility index (Phi) is 8.83. The predicted molar refractivity (Wildman–Crippen MR) is 87.9 cm³/mol. The molecule has 0 unspecified atom stereocenters. The molecule has 1 aliphatic carbocycles. The van der Waals surface area contributed by atoms with Crippen molar-refractivity contribution < 1.29 is 12.6 Å². The molecule has 5 heteroatoms. The highest BCUT2D eigenvalue weighted by molar-refractivity contribution is 7.85. The Morgan fingerprint density at radius 2 is 1.76 bits per heavy atom. The third-order valence-corrected chi connectivity index (χ3v) is 5.19. The zero-order valence-electron chi connectivity index (χ0n) is 14.0. The van der Waals surface area contributed by atoms with Crippen LogP contribution in [0.3, 0.4) is 0 Å². The van der Waals surface area contributed by atoms with Gasteiger partial charge in [0.05, 0.1) is 12.9 Å². The minimum absolute atomic E-state index is 0.304. The molecule has 1 atom stereocenters. The largest absolute Gasteiger partial charge is 0.300 e. The molecule has 0 amide bonds. The van der Waals surface area contributed by atoms with E-state index in [1.807, 2.05) is 0 Å². The van der Waals surface area contributed by atoms with Crippen molar-refractivity contribution in [1.82, 2.24) is 4.90 Å². The molecule has 0 aromatic heterocycles. The second-order valence-corrected chi connectivity index (χ2v) is 8.05. The van der Waals surface area contributed by atoms with Crippen LogP contribution < -0.4 is 0 Å². The summed E-state index contributed by atoms with van der Waals surface area (Å²) in [5.41, 5.74) is 0. The van der Waals surface area contributed by atoms with Crippen molar-refractivity contribution in [2.75, 3.05) is 26.0 Å². The van der Waals surface area contributed by atoms with Crippen molar-refractivity contribution in [3.8, 4) is 0 Å². The molecule has 0 heterocycles. The van der Waals surface area contributed by atoms with E-state index in [4.69, 9.17) is 4.18 Å². The van der Waals surface area contributed by atoms with E-state index in [0.717, 1.165) is 31.7 Å². The van der Waals surface area contributed by atoms with Crippen LogP contribution in [0.15, 0.2) is 0 Å². The van der Waals surface area contributed by atoms with Crippen molar-refractivity contribution in [2.45, 2.75) is 71.3 Å². The number of unbranched alkanes of at least 4 members (excludes halogenated alkanes) is 1. The fourth-order valence-corrected chi connectivity index (χ4v) is 3.69. The second-order valence-electron chi connectivity index (χ2n) is 6.41.